The minimum Gasteiger partial charge on any atom is -0.454 e. The number of carbonyl (C=O) groups excluding carboxylic acids is 3. The van der Waals surface area contributed by atoms with Crippen molar-refractivity contribution < 1.29 is 23.9 Å². The number of hydrogen-bond donors (Lipinski definition) is 2. The molecule has 1 atom stereocenters. The lowest BCUT2D eigenvalue weighted by Crippen LogP contribution is -2.43. The first-order valence-electron chi connectivity index (χ1n) is 13.0. The third kappa shape index (κ3) is 6.11. The molecule has 3 aromatic carbocycles. The number of esters is 1. The number of ketones is 1. The Bertz CT molecular complexity index is 1250. The summed E-state index contributed by atoms with van der Waals surface area (Å²) in [6.45, 7) is 3.82. The van der Waals surface area contributed by atoms with Crippen LogP contribution in [0.4, 0.5) is 4.79 Å². The molecule has 1 unspecified atom stereocenters. The van der Waals surface area contributed by atoms with Crippen LogP contribution in [0.3, 0.4) is 0 Å². The number of alkyl carbamates (subject to hydrolysis) is 1. The zero-order valence-corrected chi connectivity index (χ0v) is 21.9. The molecule has 0 aliphatic heterocycles. The Balaban J connectivity index is 1.38. The summed E-state index contributed by atoms with van der Waals surface area (Å²) in [7, 11) is 0. The van der Waals surface area contributed by atoms with Crippen LogP contribution in [0.25, 0.3) is 11.1 Å². The van der Waals surface area contributed by atoms with Gasteiger partial charge in [-0.3, -0.25) is 4.79 Å². The number of benzene rings is 3. The van der Waals surface area contributed by atoms with Crippen molar-refractivity contribution >= 4 is 17.8 Å². The Morgan fingerprint density at radius 2 is 1.45 bits per heavy atom. The fourth-order valence-corrected chi connectivity index (χ4v) is 5.03. The number of rotatable bonds is 11. The van der Waals surface area contributed by atoms with Crippen molar-refractivity contribution in [3.8, 4) is 11.1 Å². The number of nitrogens with one attached hydrogen (secondary N) is 1. The third-order valence-corrected chi connectivity index (χ3v) is 7.00. The monoisotopic (exact) mass is 514 g/mol. The summed E-state index contributed by atoms with van der Waals surface area (Å²) in [6.07, 6.45) is 1.04. The Morgan fingerprint density at radius 3 is 2.05 bits per heavy atom. The molecule has 198 valence electrons. The van der Waals surface area contributed by atoms with Gasteiger partial charge in [0, 0.05) is 5.92 Å². The number of ether oxygens (including phenoxy) is 2. The van der Waals surface area contributed by atoms with Gasteiger partial charge in [0.2, 0.25) is 0 Å². The van der Waals surface area contributed by atoms with Gasteiger partial charge in [-0.2, -0.15) is 0 Å². The minimum absolute atomic E-state index is 0.0853. The van der Waals surface area contributed by atoms with Gasteiger partial charge in [0.1, 0.15) is 6.61 Å². The lowest BCUT2D eigenvalue weighted by molar-refractivity contribution is -0.124. The highest BCUT2D eigenvalue weighted by Gasteiger charge is 2.30. The van der Waals surface area contributed by atoms with Gasteiger partial charge in [-0.25, -0.2) is 9.59 Å². The van der Waals surface area contributed by atoms with E-state index in [0.717, 1.165) is 33.4 Å². The molecular weight excluding hydrogens is 480 g/mol. The van der Waals surface area contributed by atoms with Crippen molar-refractivity contribution in [3.63, 3.8) is 0 Å². The van der Waals surface area contributed by atoms with E-state index in [1.54, 1.807) is 0 Å². The zero-order chi connectivity index (χ0) is 27.1. The molecule has 3 N–H and O–H groups in total. The molecule has 0 bridgehead atoms. The minimum atomic E-state index is -0.844. The molecule has 0 fully saturated rings. The van der Waals surface area contributed by atoms with E-state index in [9.17, 15) is 14.4 Å². The van der Waals surface area contributed by atoms with E-state index >= 15 is 0 Å². The van der Waals surface area contributed by atoms with Gasteiger partial charge in [0.25, 0.3) is 0 Å². The van der Waals surface area contributed by atoms with Gasteiger partial charge in [-0.1, -0.05) is 66.7 Å². The molecular formula is C31H34N2O5. The molecule has 0 aromatic heterocycles. The number of Topliss-reactive ketones (excluding diaryl/α,β-unsaturated/α-hetero) is 1. The van der Waals surface area contributed by atoms with Crippen LogP contribution in [-0.2, 0) is 14.3 Å². The highest BCUT2D eigenvalue weighted by atomic mass is 16.6. The Morgan fingerprint density at radius 1 is 0.842 bits per heavy atom. The normalized spacial score (nSPS) is 12.8. The first-order valence-corrected chi connectivity index (χ1v) is 13.0. The molecule has 1 aliphatic rings. The topological polar surface area (TPSA) is 108 Å². The summed E-state index contributed by atoms with van der Waals surface area (Å²) in [5.74, 6) is -1.04. The van der Waals surface area contributed by atoms with Crippen molar-refractivity contribution in [1.82, 2.24) is 5.32 Å². The standard InChI is InChI=1S/C31H34N2O5/c1-20-10-9-11-21(2)29(20)30(35)37-19-28(34)27(16-7-8-17-32)33-31(36)38-18-26-24-14-5-3-12-22(24)23-13-4-6-15-25(23)26/h3-6,9-15,26-27H,7-8,16-19,32H2,1-2H3,(H,33,36). The molecule has 0 heterocycles. The van der Waals surface area contributed by atoms with Crippen molar-refractivity contribution in [1.29, 1.82) is 0 Å². The molecule has 0 saturated heterocycles. The first kappa shape index (κ1) is 27.1. The van der Waals surface area contributed by atoms with E-state index in [2.05, 4.69) is 17.4 Å². The van der Waals surface area contributed by atoms with E-state index in [1.165, 1.54) is 0 Å². The molecule has 7 heteroatoms. The van der Waals surface area contributed by atoms with Gasteiger partial charge in [-0.15, -0.1) is 0 Å². The molecule has 0 spiro atoms. The van der Waals surface area contributed by atoms with E-state index in [4.69, 9.17) is 15.2 Å². The molecule has 0 saturated carbocycles. The summed E-state index contributed by atoms with van der Waals surface area (Å²) >= 11 is 0. The van der Waals surface area contributed by atoms with Crippen LogP contribution in [0.15, 0.2) is 66.7 Å². The quantitative estimate of drug-likeness (QED) is 0.273. The number of amides is 1. The second-order valence-electron chi connectivity index (χ2n) is 9.62. The van der Waals surface area contributed by atoms with Crippen LogP contribution < -0.4 is 11.1 Å². The van der Waals surface area contributed by atoms with E-state index in [0.29, 0.717) is 31.4 Å². The predicted molar refractivity (Wildman–Crippen MR) is 146 cm³/mol. The fourth-order valence-electron chi connectivity index (χ4n) is 5.03. The Labute approximate surface area is 223 Å². The molecule has 1 amide bonds. The van der Waals surface area contributed by atoms with E-state index < -0.39 is 30.5 Å². The summed E-state index contributed by atoms with van der Waals surface area (Å²) in [5, 5.41) is 2.69. The van der Waals surface area contributed by atoms with Gasteiger partial charge in [-0.05, 0) is 73.0 Å². The second-order valence-corrected chi connectivity index (χ2v) is 9.62. The smallest absolute Gasteiger partial charge is 0.407 e. The maximum Gasteiger partial charge on any atom is 0.407 e. The average Bonchev–Trinajstić information content (AvgIpc) is 3.23. The van der Waals surface area contributed by atoms with Crippen LogP contribution in [0.5, 0.6) is 0 Å². The number of hydrogen-bond acceptors (Lipinski definition) is 6. The summed E-state index contributed by atoms with van der Waals surface area (Å²) in [6, 6.07) is 20.8. The third-order valence-electron chi connectivity index (χ3n) is 7.00. The fraction of sp³-hybridized carbons (Fsp3) is 0.323. The second kappa shape index (κ2) is 12.5. The molecule has 38 heavy (non-hydrogen) atoms. The maximum atomic E-state index is 13.0. The number of carbonyl (C=O) groups is 3. The number of unbranched alkanes of at least 4 members (excludes halogenated alkanes) is 1. The number of aryl methyl sites for hydroxylation is 2. The average molecular weight is 515 g/mol. The SMILES string of the molecule is Cc1cccc(C)c1C(=O)OCC(=O)C(CCCCN)NC(=O)OCC1c2ccccc2-c2ccccc21. The largest absolute Gasteiger partial charge is 0.454 e. The van der Waals surface area contributed by atoms with Gasteiger partial charge >= 0.3 is 12.1 Å². The molecule has 7 nitrogen and oxygen atoms in total. The van der Waals surface area contributed by atoms with Gasteiger partial charge in [0.15, 0.2) is 12.4 Å². The molecule has 4 rings (SSSR count). The highest BCUT2D eigenvalue weighted by Crippen LogP contribution is 2.44. The van der Waals surface area contributed by atoms with Crippen molar-refractivity contribution in [3.05, 3.63) is 94.5 Å². The molecule has 3 aromatic rings. The zero-order valence-electron chi connectivity index (χ0n) is 21.9. The van der Waals surface area contributed by atoms with E-state index in [1.807, 2.05) is 68.4 Å². The van der Waals surface area contributed by atoms with Crippen LogP contribution in [0, 0.1) is 13.8 Å². The van der Waals surface area contributed by atoms with Crippen molar-refractivity contribution in [2.45, 2.75) is 45.1 Å². The van der Waals surface area contributed by atoms with Crippen LogP contribution >= 0.6 is 0 Å². The first-order chi connectivity index (χ1) is 18.4. The Hall–Kier alpha value is -3.97. The summed E-state index contributed by atoms with van der Waals surface area (Å²) in [4.78, 5) is 38.4. The number of nitrogens with two attached hydrogens (primary N) is 1. The highest BCUT2D eigenvalue weighted by molar-refractivity contribution is 5.95. The predicted octanol–water partition coefficient (Wildman–Crippen LogP) is 5.07. The van der Waals surface area contributed by atoms with Crippen LogP contribution in [0.1, 0.15) is 57.8 Å². The summed E-state index contributed by atoms with van der Waals surface area (Å²) in [5.41, 5.74) is 12.1. The molecule has 0 radical (unpaired) electrons. The lowest BCUT2D eigenvalue weighted by Gasteiger charge is -2.19. The summed E-state index contributed by atoms with van der Waals surface area (Å²) < 4.78 is 11.0. The van der Waals surface area contributed by atoms with Crippen LogP contribution in [-0.4, -0.2) is 43.6 Å². The molecule has 1 aliphatic carbocycles. The Kier molecular flexibility index (Phi) is 8.92. The van der Waals surface area contributed by atoms with Crippen molar-refractivity contribution in [2.75, 3.05) is 19.8 Å². The van der Waals surface area contributed by atoms with E-state index in [-0.39, 0.29) is 12.5 Å². The maximum absolute atomic E-state index is 13.0. The van der Waals surface area contributed by atoms with Crippen LogP contribution in [0.2, 0.25) is 0 Å². The van der Waals surface area contributed by atoms with Gasteiger partial charge in [0.05, 0.1) is 11.6 Å². The van der Waals surface area contributed by atoms with Gasteiger partial charge < -0.3 is 20.5 Å². The lowest BCUT2D eigenvalue weighted by atomic mass is 9.98. The number of fused-ring (bicyclic) bond motifs is 3. The van der Waals surface area contributed by atoms with Crippen molar-refractivity contribution in [2.24, 2.45) is 5.73 Å².